The zero-order valence-electron chi connectivity index (χ0n) is 11.7. The quantitative estimate of drug-likeness (QED) is 0.848. The Hall–Kier alpha value is -0.760. The molecule has 0 amide bonds. The van der Waals surface area contributed by atoms with E-state index in [1.165, 1.54) is 49.2 Å². The summed E-state index contributed by atoms with van der Waals surface area (Å²) in [6, 6.07) is 3.65. The molecule has 0 spiro atoms. The lowest BCUT2D eigenvalue weighted by Gasteiger charge is -2.23. The number of rotatable bonds is 3. The van der Waals surface area contributed by atoms with Crippen molar-refractivity contribution in [2.75, 3.05) is 6.54 Å². The van der Waals surface area contributed by atoms with E-state index in [1.54, 1.807) is 0 Å². The van der Waals surface area contributed by atoms with Crippen LogP contribution in [-0.4, -0.2) is 17.2 Å². The van der Waals surface area contributed by atoms with Crippen molar-refractivity contribution in [1.82, 2.24) is 9.88 Å². The predicted octanol–water partition coefficient (Wildman–Crippen LogP) is 3.37. The number of piperidine rings is 1. The van der Waals surface area contributed by atoms with Crippen molar-refractivity contribution in [3.05, 3.63) is 23.0 Å². The second kappa shape index (κ2) is 5.26. The summed E-state index contributed by atoms with van der Waals surface area (Å²) in [5, 5.41) is 3.64. The van der Waals surface area contributed by atoms with Gasteiger partial charge in [0.25, 0.3) is 0 Å². The maximum Gasteiger partial charge on any atom is 0.0279 e. The number of hydrogen-bond donors (Lipinski definition) is 1. The summed E-state index contributed by atoms with van der Waals surface area (Å²) in [7, 11) is 0. The van der Waals surface area contributed by atoms with Gasteiger partial charge < -0.3 is 9.88 Å². The smallest absolute Gasteiger partial charge is 0.0279 e. The molecule has 1 aromatic rings. The van der Waals surface area contributed by atoms with Crippen molar-refractivity contribution < 1.29 is 0 Å². The van der Waals surface area contributed by atoms with Crippen molar-refractivity contribution >= 4 is 0 Å². The van der Waals surface area contributed by atoms with Crippen LogP contribution in [0.1, 0.15) is 56.1 Å². The van der Waals surface area contributed by atoms with Crippen molar-refractivity contribution in [3.63, 3.8) is 0 Å². The van der Waals surface area contributed by atoms with Crippen molar-refractivity contribution in [2.45, 2.75) is 65.5 Å². The fourth-order valence-electron chi connectivity index (χ4n) is 3.21. The largest absolute Gasteiger partial charge is 0.346 e. The first-order valence-corrected chi connectivity index (χ1v) is 7.00. The van der Waals surface area contributed by atoms with E-state index >= 15 is 0 Å². The molecule has 0 bridgehead atoms. The molecule has 96 valence electrons. The van der Waals surface area contributed by atoms with Gasteiger partial charge in [0.05, 0.1) is 0 Å². The van der Waals surface area contributed by atoms with Gasteiger partial charge in [-0.2, -0.15) is 0 Å². The maximum atomic E-state index is 3.64. The summed E-state index contributed by atoms with van der Waals surface area (Å²) in [6.45, 7) is 10.2. The Kier molecular flexibility index (Phi) is 3.93. The number of aryl methyl sites for hydroxylation is 1. The van der Waals surface area contributed by atoms with Crippen LogP contribution in [0.2, 0.25) is 0 Å². The SMILES string of the molecule is Cc1cc(CC2CCCCN2)c(C)n1C(C)C. The van der Waals surface area contributed by atoms with Gasteiger partial charge in [0, 0.05) is 23.5 Å². The monoisotopic (exact) mass is 234 g/mol. The Morgan fingerprint density at radius 3 is 2.65 bits per heavy atom. The number of aromatic nitrogens is 1. The fraction of sp³-hybridized carbons (Fsp3) is 0.733. The third-order valence-corrected chi connectivity index (χ3v) is 3.98. The molecule has 1 aliphatic rings. The molecule has 1 N–H and O–H groups in total. The van der Waals surface area contributed by atoms with Gasteiger partial charge in [-0.1, -0.05) is 6.42 Å². The summed E-state index contributed by atoms with van der Waals surface area (Å²) in [6.07, 6.45) is 5.28. The van der Waals surface area contributed by atoms with E-state index in [1.807, 2.05) is 0 Å². The molecular formula is C15H26N2. The lowest BCUT2D eigenvalue weighted by atomic mass is 9.98. The highest BCUT2D eigenvalue weighted by atomic mass is 15.0. The summed E-state index contributed by atoms with van der Waals surface area (Å²) in [5.41, 5.74) is 4.41. The maximum absolute atomic E-state index is 3.64. The molecule has 1 saturated heterocycles. The van der Waals surface area contributed by atoms with Crippen LogP contribution in [0.4, 0.5) is 0 Å². The highest BCUT2D eigenvalue weighted by Gasteiger charge is 2.17. The summed E-state index contributed by atoms with van der Waals surface area (Å²) in [5.74, 6) is 0. The minimum Gasteiger partial charge on any atom is -0.346 e. The third kappa shape index (κ3) is 2.74. The van der Waals surface area contributed by atoms with E-state index in [0.717, 1.165) is 0 Å². The average molecular weight is 234 g/mol. The standard InChI is InChI=1S/C15H26N2/c1-11(2)17-12(3)9-14(13(17)4)10-15-7-5-6-8-16-15/h9,11,15-16H,5-8,10H2,1-4H3. The zero-order chi connectivity index (χ0) is 12.4. The topological polar surface area (TPSA) is 17.0 Å². The van der Waals surface area contributed by atoms with Crippen LogP contribution in [0.3, 0.4) is 0 Å². The van der Waals surface area contributed by atoms with E-state index in [-0.39, 0.29) is 0 Å². The van der Waals surface area contributed by atoms with Crippen LogP contribution in [0.25, 0.3) is 0 Å². The van der Waals surface area contributed by atoms with Crippen LogP contribution < -0.4 is 5.32 Å². The second-order valence-corrected chi connectivity index (χ2v) is 5.71. The van der Waals surface area contributed by atoms with Crippen LogP contribution >= 0.6 is 0 Å². The van der Waals surface area contributed by atoms with Crippen molar-refractivity contribution in [2.24, 2.45) is 0 Å². The second-order valence-electron chi connectivity index (χ2n) is 5.71. The third-order valence-electron chi connectivity index (χ3n) is 3.98. The average Bonchev–Trinajstić information content (AvgIpc) is 2.55. The molecule has 2 heteroatoms. The van der Waals surface area contributed by atoms with Gasteiger partial charge in [0.1, 0.15) is 0 Å². The Labute approximate surface area is 105 Å². The van der Waals surface area contributed by atoms with Gasteiger partial charge >= 0.3 is 0 Å². The van der Waals surface area contributed by atoms with Gasteiger partial charge in [0.15, 0.2) is 0 Å². The molecule has 2 nitrogen and oxygen atoms in total. The van der Waals surface area contributed by atoms with Gasteiger partial charge in [0.2, 0.25) is 0 Å². The molecule has 2 rings (SSSR count). The lowest BCUT2D eigenvalue weighted by Crippen LogP contribution is -2.35. The van der Waals surface area contributed by atoms with Gasteiger partial charge in [-0.25, -0.2) is 0 Å². The first kappa shape index (κ1) is 12.7. The Bertz CT molecular complexity index is 371. The predicted molar refractivity (Wildman–Crippen MR) is 73.6 cm³/mol. The summed E-state index contributed by atoms with van der Waals surface area (Å²) in [4.78, 5) is 0. The highest BCUT2D eigenvalue weighted by molar-refractivity contribution is 5.28. The highest BCUT2D eigenvalue weighted by Crippen LogP contribution is 2.22. The normalized spacial score (nSPS) is 21.1. The molecule has 0 radical (unpaired) electrons. The molecule has 0 saturated carbocycles. The molecule has 0 aromatic carbocycles. The van der Waals surface area contributed by atoms with Gasteiger partial charge in [-0.05, 0) is 65.1 Å². The first-order chi connectivity index (χ1) is 8.09. The minimum absolute atomic E-state index is 0.572. The van der Waals surface area contributed by atoms with Crippen molar-refractivity contribution in [1.29, 1.82) is 0 Å². The summed E-state index contributed by atoms with van der Waals surface area (Å²) < 4.78 is 2.46. The fourth-order valence-corrected chi connectivity index (χ4v) is 3.21. The van der Waals surface area contributed by atoms with Gasteiger partial charge in [-0.3, -0.25) is 0 Å². The van der Waals surface area contributed by atoms with Gasteiger partial charge in [-0.15, -0.1) is 0 Å². The molecule has 1 aliphatic heterocycles. The Morgan fingerprint density at radius 1 is 1.35 bits per heavy atom. The summed E-state index contributed by atoms with van der Waals surface area (Å²) >= 11 is 0. The van der Waals surface area contributed by atoms with Crippen LogP contribution in [-0.2, 0) is 6.42 Å². The molecule has 1 aromatic heterocycles. The molecule has 17 heavy (non-hydrogen) atoms. The first-order valence-electron chi connectivity index (χ1n) is 7.00. The Balaban J connectivity index is 2.13. The van der Waals surface area contributed by atoms with E-state index in [9.17, 15) is 0 Å². The molecule has 2 heterocycles. The molecule has 1 atom stereocenters. The number of nitrogens with zero attached hydrogens (tertiary/aromatic N) is 1. The zero-order valence-corrected chi connectivity index (χ0v) is 11.7. The molecule has 0 aliphatic carbocycles. The van der Waals surface area contributed by atoms with E-state index in [0.29, 0.717) is 12.1 Å². The number of hydrogen-bond acceptors (Lipinski definition) is 1. The minimum atomic E-state index is 0.572. The molecule has 1 fully saturated rings. The van der Waals surface area contributed by atoms with E-state index < -0.39 is 0 Å². The van der Waals surface area contributed by atoms with Crippen LogP contribution in [0.15, 0.2) is 6.07 Å². The van der Waals surface area contributed by atoms with Crippen molar-refractivity contribution in [3.8, 4) is 0 Å². The Morgan fingerprint density at radius 2 is 2.12 bits per heavy atom. The molecular weight excluding hydrogens is 208 g/mol. The van der Waals surface area contributed by atoms with Crippen LogP contribution in [0, 0.1) is 13.8 Å². The number of nitrogens with one attached hydrogen (secondary N) is 1. The van der Waals surface area contributed by atoms with E-state index in [2.05, 4.69) is 43.6 Å². The molecule has 1 unspecified atom stereocenters. The lowest BCUT2D eigenvalue weighted by molar-refractivity contribution is 0.398. The van der Waals surface area contributed by atoms with Crippen LogP contribution in [0.5, 0.6) is 0 Å². The van der Waals surface area contributed by atoms with E-state index in [4.69, 9.17) is 0 Å².